The van der Waals surface area contributed by atoms with Crippen molar-refractivity contribution in [1.29, 1.82) is 5.26 Å². The molecule has 0 aliphatic carbocycles. The number of aryl methyl sites for hydroxylation is 1. The number of primary sulfonamides is 1. The van der Waals surface area contributed by atoms with Crippen LogP contribution in [0.25, 0.3) is 0 Å². The van der Waals surface area contributed by atoms with Crippen LogP contribution in [0.2, 0.25) is 0 Å². The Balaban J connectivity index is 3.68. The molecule has 0 bridgehead atoms. The first-order valence-electron chi connectivity index (χ1n) is 4.00. The van der Waals surface area contributed by atoms with Gasteiger partial charge in [-0.25, -0.2) is 27.3 Å². The lowest BCUT2D eigenvalue weighted by molar-refractivity contribution is 0.147. The van der Waals surface area contributed by atoms with Crippen molar-refractivity contribution >= 4 is 10.0 Å². The summed E-state index contributed by atoms with van der Waals surface area (Å²) in [5.41, 5.74) is -1.29. The van der Waals surface area contributed by atoms with Gasteiger partial charge in [-0.2, -0.15) is 5.26 Å². The molecule has 1 aromatic heterocycles. The molecule has 1 heterocycles. The van der Waals surface area contributed by atoms with Crippen molar-refractivity contribution in [2.75, 3.05) is 0 Å². The van der Waals surface area contributed by atoms with Gasteiger partial charge in [-0.3, -0.25) is 0 Å². The van der Waals surface area contributed by atoms with E-state index in [9.17, 15) is 17.2 Å². The fourth-order valence-corrected chi connectivity index (χ4v) is 2.21. The maximum absolute atomic E-state index is 12.6. The van der Waals surface area contributed by atoms with Gasteiger partial charge in [-0.05, 0) is 13.0 Å². The number of aromatic nitrogens is 1. The molecule has 0 amide bonds. The Kier molecular flexibility index (Phi) is 3.21. The lowest BCUT2D eigenvalue weighted by Crippen LogP contribution is -2.17. The van der Waals surface area contributed by atoms with Crippen molar-refractivity contribution in [2.24, 2.45) is 5.14 Å². The van der Waals surface area contributed by atoms with Crippen molar-refractivity contribution in [1.82, 2.24) is 4.98 Å². The van der Waals surface area contributed by atoms with Gasteiger partial charge in [0.25, 0.3) is 6.43 Å². The Bertz CT molecular complexity index is 563. The molecule has 2 N–H and O–H groups in total. The first-order chi connectivity index (χ1) is 7.27. The van der Waals surface area contributed by atoms with E-state index in [2.05, 4.69) is 4.98 Å². The average molecular weight is 247 g/mol. The highest BCUT2D eigenvalue weighted by Crippen LogP contribution is 2.28. The lowest BCUT2D eigenvalue weighted by atomic mass is 10.2. The number of hydrogen-bond acceptors (Lipinski definition) is 4. The standard InChI is InChI=1S/C8H7F2N3O2S/c1-4-7(16(12,14)15)6(8(9)10)2-5(3-11)13-4/h2,8H,1H3,(H2,12,14,15). The van der Waals surface area contributed by atoms with Gasteiger partial charge in [0.2, 0.25) is 10.0 Å². The molecule has 0 saturated heterocycles. The van der Waals surface area contributed by atoms with Crippen LogP contribution in [0.5, 0.6) is 0 Å². The van der Waals surface area contributed by atoms with Crippen LogP contribution in [0.1, 0.15) is 23.4 Å². The fourth-order valence-electron chi connectivity index (χ4n) is 1.27. The molecule has 0 saturated carbocycles. The third-order valence-corrected chi connectivity index (χ3v) is 2.91. The number of nitriles is 1. The second-order valence-corrected chi connectivity index (χ2v) is 4.47. The molecule has 0 aliphatic rings. The summed E-state index contributed by atoms with van der Waals surface area (Å²) in [4.78, 5) is 2.83. The molecule has 5 nitrogen and oxygen atoms in total. The van der Waals surface area contributed by atoms with E-state index >= 15 is 0 Å². The number of alkyl halides is 2. The first kappa shape index (κ1) is 12.5. The molecule has 1 rings (SSSR count). The largest absolute Gasteiger partial charge is 0.265 e. The summed E-state index contributed by atoms with van der Waals surface area (Å²) in [6.07, 6.45) is -3.04. The average Bonchev–Trinajstić information content (AvgIpc) is 2.14. The molecular formula is C8H7F2N3O2S. The number of hydrogen-bond donors (Lipinski definition) is 1. The third-order valence-electron chi connectivity index (χ3n) is 1.81. The first-order valence-corrected chi connectivity index (χ1v) is 5.54. The summed E-state index contributed by atoms with van der Waals surface area (Å²) in [5.74, 6) is 0. The summed E-state index contributed by atoms with van der Waals surface area (Å²) in [6.45, 7) is 1.20. The van der Waals surface area contributed by atoms with Crippen molar-refractivity contribution in [3.05, 3.63) is 23.0 Å². The molecule has 0 radical (unpaired) electrons. The zero-order valence-electron chi connectivity index (χ0n) is 8.11. The van der Waals surface area contributed by atoms with Crippen LogP contribution in [-0.2, 0) is 10.0 Å². The predicted molar refractivity (Wildman–Crippen MR) is 50.0 cm³/mol. The van der Waals surface area contributed by atoms with Gasteiger partial charge in [0.1, 0.15) is 16.7 Å². The van der Waals surface area contributed by atoms with E-state index in [1.807, 2.05) is 0 Å². The van der Waals surface area contributed by atoms with Crippen LogP contribution in [0.4, 0.5) is 8.78 Å². The molecule has 0 aliphatic heterocycles. The smallest absolute Gasteiger partial charge is 0.241 e. The van der Waals surface area contributed by atoms with Crippen molar-refractivity contribution in [2.45, 2.75) is 18.2 Å². The Morgan fingerprint density at radius 1 is 1.56 bits per heavy atom. The number of halogens is 2. The Labute approximate surface area is 90.6 Å². The zero-order valence-corrected chi connectivity index (χ0v) is 8.92. The van der Waals surface area contributed by atoms with Gasteiger partial charge in [-0.15, -0.1) is 0 Å². The van der Waals surface area contributed by atoms with Gasteiger partial charge in [0.05, 0.1) is 5.69 Å². The number of nitrogens with zero attached hydrogens (tertiary/aromatic N) is 2. The number of nitrogens with two attached hydrogens (primary N) is 1. The molecule has 8 heteroatoms. The Morgan fingerprint density at radius 2 is 2.12 bits per heavy atom. The highest BCUT2D eigenvalue weighted by molar-refractivity contribution is 7.89. The van der Waals surface area contributed by atoms with E-state index < -0.39 is 26.9 Å². The van der Waals surface area contributed by atoms with Gasteiger partial charge in [0.15, 0.2) is 0 Å². The second kappa shape index (κ2) is 4.11. The maximum Gasteiger partial charge on any atom is 0.265 e. The lowest BCUT2D eigenvalue weighted by Gasteiger charge is -2.09. The number of pyridine rings is 1. The van der Waals surface area contributed by atoms with E-state index in [0.29, 0.717) is 0 Å². The summed E-state index contributed by atoms with van der Waals surface area (Å²) in [5, 5.41) is 13.3. The summed E-state index contributed by atoms with van der Waals surface area (Å²) >= 11 is 0. The van der Waals surface area contributed by atoms with E-state index in [0.717, 1.165) is 6.07 Å². The quantitative estimate of drug-likeness (QED) is 0.837. The number of sulfonamides is 1. The SMILES string of the molecule is Cc1nc(C#N)cc(C(F)F)c1S(N)(=O)=O. The molecule has 0 atom stereocenters. The molecular weight excluding hydrogens is 240 g/mol. The molecule has 0 spiro atoms. The van der Waals surface area contributed by atoms with Crippen molar-refractivity contribution < 1.29 is 17.2 Å². The van der Waals surface area contributed by atoms with E-state index in [4.69, 9.17) is 10.4 Å². The minimum atomic E-state index is -4.29. The molecule has 1 aromatic rings. The topological polar surface area (TPSA) is 96.8 Å². The normalized spacial score (nSPS) is 11.5. The molecule has 16 heavy (non-hydrogen) atoms. The maximum atomic E-state index is 12.6. The van der Waals surface area contributed by atoms with Crippen LogP contribution in [0, 0.1) is 18.3 Å². The zero-order chi connectivity index (χ0) is 12.5. The van der Waals surface area contributed by atoms with E-state index in [-0.39, 0.29) is 11.4 Å². The summed E-state index contributed by atoms with van der Waals surface area (Å²) in [7, 11) is -4.29. The molecule has 86 valence electrons. The summed E-state index contributed by atoms with van der Waals surface area (Å²) in [6, 6.07) is 2.28. The minimum absolute atomic E-state index is 0.211. The van der Waals surface area contributed by atoms with Gasteiger partial charge in [0, 0.05) is 5.56 Å². The Morgan fingerprint density at radius 3 is 2.50 bits per heavy atom. The van der Waals surface area contributed by atoms with Gasteiger partial charge < -0.3 is 0 Å². The summed E-state index contributed by atoms with van der Waals surface area (Å²) < 4.78 is 47.4. The minimum Gasteiger partial charge on any atom is -0.241 e. The third kappa shape index (κ3) is 2.32. The monoisotopic (exact) mass is 247 g/mol. The highest BCUT2D eigenvalue weighted by atomic mass is 32.2. The van der Waals surface area contributed by atoms with E-state index in [1.165, 1.54) is 6.92 Å². The van der Waals surface area contributed by atoms with Gasteiger partial charge in [-0.1, -0.05) is 0 Å². The van der Waals surface area contributed by atoms with Crippen molar-refractivity contribution in [3.63, 3.8) is 0 Å². The van der Waals surface area contributed by atoms with E-state index in [1.54, 1.807) is 6.07 Å². The van der Waals surface area contributed by atoms with Crippen LogP contribution < -0.4 is 5.14 Å². The van der Waals surface area contributed by atoms with Crippen LogP contribution in [0.15, 0.2) is 11.0 Å². The predicted octanol–water partition coefficient (Wildman–Crippen LogP) is 0.847. The van der Waals surface area contributed by atoms with Gasteiger partial charge >= 0.3 is 0 Å². The van der Waals surface area contributed by atoms with Crippen LogP contribution in [-0.4, -0.2) is 13.4 Å². The van der Waals surface area contributed by atoms with Crippen molar-refractivity contribution in [3.8, 4) is 6.07 Å². The Hall–Kier alpha value is -1.59. The molecule has 0 unspecified atom stereocenters. The van der Waals surface area contributed by atoms with Crippen LogP contribution in [0.3, 0.4) is 0 Å². The molecule has 0 fully saturated rings. The second-order valence-electron chi connectivity index (χ2n) is 2.97. The van der Waals surface area contributed by atoms with Crippen LogP contribution >= 0.6 is 0 Å². The molecule has 0 aromatic carbocycles. The number of rotatable bonds is 2. The fraction of sp³-hybridized carbons (Fsp3) is 0.250. The highest BCUT2D eigenvalue weighted by Gasteiger charge is 2.24.